The fraction of sp³-hybridized carbons (Fsp3) is 0.118. The Kier molecular flexibility index (Phi) is 3.03. The molecule has 1 heterocycles. The Morgan fingerprint density at radius 2 is 1.85 bits per heavy atom. The molecule has 3 rings (SSSR count). The molecular formula is C17H17N3. The van der Waals surface area contributed by atoms with Crippen LogP contribution in [0.5, 0.6) is 0 Å². The van der Waals surface area contributed by atoms with Gasteiger partial charge in [0.1, 0.15) is 0 Å². The molecule has 0 radical (unpaired) electrons. The second-order valence-corrected chi connectivity index (χ2v) is 5.03. The van der Waals surface area contributed by atoms with Gasteiger partial charge in [0.2, 0.25) is 0 Å². The summed E-state index contributed by atoms with van der Waals surface area (Å²) in [6, 6.07) is 16.2. The number of nitrogens with one attached hydrogen (secondary N) is 1. The fourth-order valence-corrected chi connectivity index (χ4v) is 2.25. The summed E-state index contributed by atoms with van der Waals surface area (Å²) in [6.07, 6.45) is 0. The quantitative estimate of drug-likeness (QED) is 0.682. The first-order chi connectivity index (χ1) is 9.63. The third kappa shape index (κ3) is 2.30. The highest BCUT2D eigenvalue weighted by molar-refractivity contribution is 5.92. The van der Waals surface area contributed by atoms with Gasteiger partial charge in [-0.05, 0) is 49.7 Å². The Labute approximate surface area is 118 Å². The predicted octanol–water partition coefficient (Wildman–Crippen LogP) is 4.18. The molecule has 0 saturated carbocycles. The number of aryl methyl sites for hydroxylation is 2. The first kappa shape index (κ1) is 12.5. The minimum Gasteiger partial charge on any atom is -0.399 e. The maximum Gasteiger partial charge on any atom is 0.0939 e. The lowest BCUT2D eigenvalue weighted by molar-refractivity contribution is 1.25. The van der Waals surface area contributed by atoms with Gasteiger partial charge in [0.15, 0.2) is 0 Å². The van der Waals surface area contributed by atoms with Gasteiger partial charge in [0.05, 0.1) is 11.2 Å². The van der Waals surface area contributed by atoms with Crippen LogP contribution in [0.2, 0.25) is 0 Å². The van der Waals surface area contributed by atoms with E-state index in [0.29, 0.717) is 0 Å². The highest BCUT2D eigenvalue weighted by Gasteiger charge is 2.04. The zero-order valence-electron chi connectivity index (χ0n) is 11.6. The molecule has 0 aliphatic heterocycles. The lowest BCUT2D eigenvalue weighted by Crippen LogP contribution is -1.96. The lowest BCUT2D eigenvalue weighted by Gasteiger charge is -2.11. The standard InChI is InChI=1S/C17H17N3/c1-11-10-14(8-9-15(11)18)20-16-5-3-4-13-7-6-12(2)19-17(13)16/h3-10,20H,18H2,1-2H3. The summed E-state index contributed by atoms with van der Waals surface area (Å²) in [5.74, 6) is 0. The van der Waals surface area contributed by atoms with E-state index in [1.165, 1.54) is 0 Å². The van der Waals surface area contributed by atoms with Gasteiger partial charge >= 0.3 is 0 Å². The van der Waals surface area contributed by atoms with Gasteiger partial charge in [-0.1, -0.05) is 18.2 Å². The van der Waals surface area contributed by atoms with Crippen LogP contribution in [0.1, 0.15) is 11.3 Å². The van der Waals surface area contributed by atoms with Crippen LogP contribution >= 0.6 is 0 Å². The maximum absolute atomic E-state index is 5.85. The second kappa shape index (κ2) is 4.85. The summed E-state index contributed by atoms with van der Waals surface area (Å²) in [6.45, 7) is 4.01. The van der Waals surface area contributed by atoms with E-state index < -0.39 is 0 Å². The van der Waals surface area contributed by atoms with Crippen molar-refractivity contribution in [2.24, 2.45) is 0 Å². The number of fused-ring (bicyclic) bond motifs is 1. The summed E-state index contributed by atoms with van der Waals surface area (Å²) < 4.78 is 0. The van der Waals surface area contributed by atoms with Crippen molar-refractivity contribution in [1.82, 2.24) is 4.98 Å². The van der Waals surface area contributed by atoms with Gasteiger partial charge in [0, 0.05) is 22.5 Å². The monoisotopic (exact) mass is 263 g/mol. The Hall–Kier alpha value is -2.55. The van der Waals surface area contributed by atoms with Crippen molar-refractivity contribution in [2.75, 3.05) is 11.1 Å². The predicted molar refractivity (Wildman–Crippen MR) is 85.4 cm³/mol. The molecule has 3 heteroatoms. The van der Waals surface area contributed by atoms with E-state index in [9.17, 15) is 0 Å². The van der Waals surface area contributed by atoms with Gasteiger partial charge in [-0.15, -0.1) is 0 Å². The van der Waals surface area contributed by atoms with Crippen molar-refractivity contribution in [3.8, 4) is 0 Å². The topological polar surface area (TPSA) is 50.9 Å². The number of nitrogens with zero attached hydrogens (tertiary/aromatic N) is 1. The van der Waals surface area contributed by atoms with Crippen LogP contribution in [0.25, 0.3) is 10.9 Å². The molecule has 0 fully saturated rings. The van der Waals surface area contributed by atoms with Crippen LogP contribution < -0.4 is 11.1 Å². The van der Waals surface area contributed by atoms with Crippen molar-refractivity contribution >= 4 is 28.0 Å². The summed E-state index contributed by atoms with van der Waals surface area (Å²) in [5, 5.41) is 4.56. The Balaban J connectivity index is 2.05. The van der Waals surface area contributed by atoms with E-state index in [-0.39, 0.29) is 0 Å². The number of pyridine rings is 1. The van der Waals surface area contributed by atoms with Gasteiger partial charge in [-0.3, -0.25) is 4.98 Å². The number of hydrogen-bond acceptors (Lipinski definition) is 3. The number of benzene rings is 2. The molecule has 0 atom stereocenters. The van der Waals surface area contributed by atoms with E-state index in [4.69, 9.17) is 5.73 Å². The van der Waals surface area contributed by atoms with Gasteiger partial charge in [0.25, 0.3) is 0 Å². The van der Waals surface area contributed by atoms with Crippen LogP contribution in [0.3, 0.4) is 0 Å². The molecule has 0 spiro atoms. The molecule has 3 aromatic rings. The minimum atomic E-state index is 0.808. The number of aromatic nitrogens is 1. The average Bonchev–Trinajstić information content (AvgIpc) is 2.44. The average molecular weight is 263 g/mol. The molecule has 0 unspecified atom stereocenters. The third-order valence-corrected chi connectivity index (χ3v) is 3.41. The van der Waals surface area contributed by atoms with Crippen LogP contribution in [-0.4, -0.2) is 4.98 Å². The van der Waals surface area contributed by atoms with Crippen LogP contribution in [-0.2, 0) is 0 Å². The molecule has 0 amide bonds. The van der Waals surface area contributed by atoms with Crippen LogP contribution in [0, 0.1) is 13.8 Å². The number of rotatable bonds is 2. The molecule has 100 valence electrons. The smallest absolute Gasteiger partial charge is 0.0939 e. The lowest BCUT2D eigenvalue weighted by atomic mass is 10.1. The van der Waals surface area contributed by atoms with E-state index >= 15 is 0 Å². The van der Waals surface area contributed by atoms with E-state index in [2.05, 4.69) is 22.4 Å². The Morgan fingerprint density at radius 3 is 2.65 bits per heavy atom. The number of para-hydroxylation sites is 1. The van der Waals surface area contributed by atoms with Crippen molar-refractivity contribution in [3.63, 3.8) is 0 Å². The summed E-state index contributed by atoms with van der Waals surface area (Å²) in [7, 11) is 0. The molecule has 0 bridgehead atoms. The molecule has 0 saturated heterocycles. The molecule has 3 N–H and O–H groups in total. The van der Waals surface area contributed by atoms with Crippen molar-refractivity contribution in [1.29, 1.82) is 0 Å². The first-order valence-electron chi connectivity index (χ1n) is 6.63. The van der Waals surface area contributed by atoms with Crippen molar-refractivity contribution in [2.45, 2.75) is 13.8 Å². The highest BCUT2D eigenvalue weighted by Crippen LogP contribution is 2.26. The molecular weight excluding hydrogens is 246 g/mol. The normalized spacial score (nSPS) is 10.7. The van der Waals surface area contributed by atoms with E-state index in [1.807, 2.05) is 50.2 Å². The molecule has 0 aliphatic rings. The maximum atomic E-state index is 5.85. The largest absolute Gasteiger partial charge is 0.399 e. The molecule has 0 aliphatic carbocycles. The Bertz CT molecular complexity index is 778. The minimum absolute atomic E-state index is 0.808. The third-order valence-electron chi connectivity index (χ3n) is 3.41. The molecule has 3 nitrogen and oxygen atoms in total. The zero-order valence-corrected chi connectivity index (χ0v) is 11.6. The van der Waals surface area contributed by atoms with Crippen LogP contribution in [0.15, 0.2) is 48.5 Å². The number of anilines is 3. The first-order valence-corrected chi connectivity index (χ1v) is 6.63. The van der Waals surface area contributed by atoms with E-state index in [0.717, 1.165) is 39.2 Å². The number of hydrogen-bond donors (Lipinski definition) is 2. The van der Waals surface area contributed by atoms with Gasteiger partial charge in [-0.2, -0.15) is 0 Å². The fourth-order valence-electron chi connectivity index (χ4n) is 2.25. The van der Waals surface area contributed by atoms with Crippen molar-refractivity contribution in [3.05, 3.63) is 59.8 Å². The summed E-state index contributed by atoms with van der Waals surface area (Å²) in [5.41, 5.74) is 11.8. The number of nitrogen functional groups attached to an aromatic ring is 1. The molecule has 2 aromatic carbocycles. The van der Waals surface area contributed by atoms with Gasteiger partial charge < -0.3 is 11.1 Å². The highest BCUT2D eigenvalue weighted by atomic mass is 14.9. The summed E-state index contributed by atoms with van der Waals surface area (Å²) in [4.78, 5) is 4.62. The van der Waals surface area contributed by atoms with Crippen molar-refractivity contribution < 1.29 is 0 Å². The van der Waals surface area contributed by atoms with Crippen LogP contribution in [0.4, 0.5) is 17.1 Å². The van der Waals surface area contributed by atoms with Gasteiger partial charge in [-0.25, -0.2) is 0 Å². The molecule has 20 heavy (non-hydrogen) atoms. The Morgan fingerprint density at radius 1 is 1.00 bits per heavy atom. The SMILES string of the molecule is Cc1ccc2cccc(Nc3ccc(N)c(C)c3)c2n1. The summed E-state index contributed by atoms with van der Waals surface area (Å²) >= 11 is 0. The zero-order chi connectivity index (χ0) is 14.1. The molecule has 1 aromatic heterocycles. The number of nitrogens with two attached hydrogens (primary N) is 1. The van der Waals surface area contributed by atoms with E-state index in [1.54, 1.807) is 0 Å². The second-order valence-electron chi connectivity index (χ2n) is 5.03.